The minimum Gasteiger partial charge on any atom is -0.439 e. The van der Waals surface area contributed by atoms with Gasteiger partial charge in [-0.15, -0.1) is 0 Å². The van der Waals surface area contributed by atoms with Crippen molar-refractivity contribution in [1.82, 2.24) is 15.5 Å². The van der Waals surface area contributed by atoms with Crippen LogP contribution in [0.15, 0.2) is 4.52 Å². The highest BCUT2D eigenvalue weighted by Gasteiger charge is 2.18. The van der Waals surface area contributed by atoms with Crippen molar-refractivity contribution in [1.29, 1.82) is 0 Å². The first-order chi connectivity index (χ1) is 8.65. The molecule has 0 aliphatic heterocycles. The molecule has 0 unspecified atom stereocenters. The molecule has 2 rings (SSSR count). The van der Waals surface area contributed by atoms with Crippen LogP contribution in [0.25, 0.3) is 0 Å². The van der Waals surface area contributed by atoms with Crippen molar-refractivity contribution < 1.29 is 14.1 Å². The van der Waals surface area contributed by atoms with Crippen molar-refractivity contribution >= 4 is 5.91 Å². The summed E-state index contributed by atoms with van der Waals surface area (Å²) in [7, 11) is 0. The molecule has 1 aliphatic carbocycles. The summed E-state index contributed by atoms with van der Waals surface area (Å²) < 4.78 is 10.0. The molecule has 1 heterocycles. The highest BCUT2D eigenvalue weighted by Crippen LogP contribution is 2.17. The molecule has 0 bridgehead atoms. The molecule has 6 nitrogen and oxygen atoms in total. The number of hydrogen-bond acceptors (Lipinski definition) is 5. The van der Waals surface area contributed by atoms with Crippen molar-refractivity contribution in [3.63, 3.8) is 0 Å². The Kier molecular flexibility index (Phi) is 4.17. The molecule has 0 radical (unpaired) electrons. The van der Waals surface area contributed by atoms with Gasteiger partial charge < -0.3 is 10.1 Å². The number of rotatable bonds is 5. The lowest BCUT2D eigenvalue weighted by molar-refractivity contribution is -0.124. The summed E-state index contributed by atoms with van der Waals surface area (Å²) in [5, 5.41) is 6.68. The van der Waals surface area contributed by atoms with Gasteiger partial charge in [0.25, 0.3) is 5.91 Å². The van der Waals surface area contributed by atoms with Gasteiger partial charge in [0.15, 0.2) is 12.4 Å². The number of nitrogens with one attached hydrogen (secondary N) is 1. The van der Waals surface area contributed by atoms with Crippen molar-refractivity contribution in [3.8, 4) is 6.08 Å². The second kappa shape index (κ2) is 5.84. The maximum atomic E-state index is 11.6. The van der Waals surface area contributed by atoms with E-state index in [0.717, 1.165) is 12.8 Å². The van der Waals surface area contributed by atoms with Crippen LogP contribution in [0.3, 0.4) is 0 Å². The van der Waals surface area contributed by atoms with Crippen LogP contribution in [0.4, 0.5) is 0 Å². The number of aromatic nitrogens is 2. The first-order valence-electron chi connectivity index (χ1n) is 6.41. The van der Waals surface area contributed by atoms with E-state index in [1.165, 1.54) is 12.8 Å². The highest BCUT2D eigenvalue weighted by molar-refractivity contribution is 5.77. The molecule has 1 amide bonds. The van der Waals surface area contributed by atoms with E-state index in [1.807, 2.05) is 13.8 Å². The van der Waals surface area contributed by atoms with Crippen molar-refractivity contribution in [2.24, 2.45) is 0 Å². The van der Waals surface area contributed by atoms with Gasteiger partial charge >= 0.3 is 6.08 Å². The smallest absolute Gasteiger partial charge is 0.417 e. The molecule has 0 saturated heterocycles. The van der Waals surface area contributed by atoms with E-state index in [4.69, 9.17) is 9.26 Å². The number of ether oxygens (including phenoxy) is 1. The second-order valence-corrected chi connectivity index (χ2v) is 4.91. The van der Waals surface area contributed by atoms with Crippen molar-refractivity contribution in [2.45, 2.75) is 51.5 Å². The number of amides is 1. The van der Waals surface area contributed by atoms with E-state index < -0.39 is 0 Å². The van der Waals surface area contributed by atoms with Gasteiger partial charge in [-0.3, -0.25) is 9.32 Å². The molecule has 1 fully saturated rings. The third-order valence-corrected chi connectivity index (χ3v) is 2.99. The second-order valence-electron chi connectivity index (χ2n) is 4.91. The number of nitrogens with zero attached hydrogens (tertiary/aromatic N) is 2. The third-order valence-electron chi connectivity index (χ3n) is 2.99. The molecule has 0 spiro atoms. The SMILES string of the molecule is CC(C)c1noc(OCC(=O)NC2CCCC2)n1. The Hall–Kier alpha value is -1.59. The van der Waals surface area contributed by atoms with Crippen LogP contribution in [-0.4, -0.2) is 28.7 Å². The zero-order valence-electron chi connectivity index (χ0n) is 10.8. The first-order valence-corrected chi connectivity index (χ1v) is 6.41. The normalized spacial score (nSPS) is 16.2. The molecular formula is C12H19N3O3. The Bertz CT molecular complexity index is 397. The molecule has 1 N–H and O–H groups in total. The largest absolute Gasteiger partial charge is 0.439 e. The van der Waals surface area contributed by atoms with Gasteiger partial charge in [0, 0.05) is 12.0 Å². The summed E-state index contributed by atoms with van der Waals surface area (Å²) in [5.41, 5.74) is 0. The summed E-state index contributed by atoms with van der Waals surface area (Å²) in [6.07, 6.45) is 4.55. The lowest BCUT2D eigenvalue weighted by Gasteiger charge is -2.10. The Balaban J connectivity index is 1.74. The molecule has 0 aromatic carbocycles. The fourth-order valence-electron chi connectivity index (χ4n) is 1.98. The summed E-state index contributed by atoms with van der Waals surface area (Å²) in [4.78, 5) is 15.6. The molecule has 1 aromatic heterocycles. The quantitative estimate of drug-likeness (QED) is 0.863. The monoisotopic (exact) mass is 253 g/mol. The van der Waals surface area contributed by atoms with Gasteiger partial charge in [0.05, 0.1) is 0 Å². The van der Waals surface area contributed by atoms with Crippen molar-refractivity contribution in [3.05, 3.63) is 5.82 Å². The van der Waals surface area contributed by atoms with E-state index in [9.17, 15) is 4.79 Å². The molecular weight excluding hydrogens is 234 g/mol. The average Bonchev–Trinajstić information content (AvgIpc) is 2.96. The molecule has 18 heavy (non-hydrogen) atoms. The van der Waals surface area contributed by atoms with E-state index in [1.54, 1.807) is 0 Å². The van der Waals surface area contributed by atoms with Crippen LogP contribution in [0, 0.1) is 0 Å². The third kappa shape index (κ3) is 3.45. The minimum atomic E-state index is -0.133. The van der Waals surface area contributed by atoms with Crippen LogP contribution in [0.2, 0.25) is 0 Å². The van der Waals surface area contributed by atoms with Gasteiger partial charge in [-0.25, -0.2) is 0 Å². The summed E-state index contributed by atoms with van der Waals surface area (Å²) in [6, 6.07) is 0.301. The molecule has 1 saturated carbocycles. The summed E-state index contributed by atoms with van der Waals surface area (Å²) >= 11 is 0. The predicted molar refractivity (Wildman–Crippen MR) is 64.3 cm³/mol. The standard InChI is InChI=1S/C12H19N3O3/c1-8(2)11-14-12(18-15-11)17-7-10(16)13-9-5-3-4-6-9/h8-9H,3-7H2,1-2H3,(H,13,16). The first kappa shape index (κ1) is 12.9. The molecule has 1 aromatic rings. The minimum absolute atomic E-state index is 0.0558. The predicted octanol–water partition coefficient (Wildman–Crippen LogP) is 1.63. The zero-order chi connectivity index (χ0) is 13.0. The maximum absolute atomic E-state index is 11.6. The van der Waals surface area contributed by atoms with Gasteiger partial charge in [-0.1, -0.05) is 31.8 Å². The topological polar surface area (TPSA) is 77.2 Å². The molecule has 100 valence electrons. The van der Waals surface area contributed by atoms with Gasteiger partial charge in [0.2, 0.25) is 0 Å². The fourth-order valence-corrected chi connectivity index (χ4v) is 1.98. The Morgan fingerprint density at radius 3 is 2.83 bits per heavy atom. The number of hydrogen-bond donors (Lipinski definition) is 1. The number of carbonyl (C=O) groups is 1. The lowest BCUT2D eigenvalue weighted by Crippen LogP contribution is -2.36. The molecule has 6 heteroatoms. The average molecular weight is 253 g/mol. The maximum Gasteiger partial charge on any atom is 0.417 e. The van der Waals surface area contributed by atoms with Gasteiger partial charge in [-0.05, 0) is 12.8 Å². The lowest BCUT2D eigenvalue weighted by atomic mass is 10.2. The molecule has 1 aliphatic rings. The van der Waals surface area contributed by atoms with E-state index in [-0.39, 0.29) is 24.5 Å². The van der Waals surface area contributed by atoms with Crippen LogP contribution < -0.4 is 10.1 Å². The van der Waals surface area contributed by atoms with E-state index in [2.05, 4.69) is 15.5 Å². The zero-order valence-corrected chi connectivity index (χ0v) is 10.8. The van der Waals surface area contributed by atoms with Crippen LogP contribution in [-0.2, 0) is 4.79 Å². The van der Waals surface area contributed by atoms with Gasteiger partial charge in [-0.2, -0.15) is 4.98 Å². The van der Waals surface area contributed by atoms with Gasteiger partial charge in [0.1, 0.15) is 0 Å². The van der Waals surface area contributed by atoms with Crippen LogP contribution in [0.5, 0.6) is 6.08 Å². The Morgan fingerprint density at radius 1 is 1.50 bits per heavy atom. The summed E-state index contributed by atoms with van der Waals surface area (Å²) in [6.45, 7) is 3.85. The van der Waals surface area contributed by atoms with E-state index in [0.29, 0.717) is 11.9 Å². The molecule has 0 atom stereocenters. The Labute approximate surface area is 106 Å². The fraction of sp³-hybridized carbons (Fsp3) is 0.750. The summed E-state index contributed by atoms with van der Waals surface area (Å²) in [5.74, 6) is 0.630. The van der Waals surface area contributed by atoms with E-state index >= 15 is 0 Å². The highest BCUT2D eigenvalue weighted by atomic mass is 16.6. The van der Waals surface area contributed by atoms with Crippen LogP contribution in [0.1, 0.15) is 51.3 Å². The Morgan fingerprint density at radius 2 is 2.22 bits per heavy atom. The number of carbonyl (C=O) groups excluding carboxylic acids is 1. The van der Waals surface area contributed by atoms with Crippen molar-refractivity contribution in [2.75, 3.05) is 6.61 Å². The van der Waals surface area contributed by atoms with Crippen LogP contribution >= 0.6 is 0 Å².